The normalized spacial score (nSPS) is 20.7. The first-order valence-corrected chi connectivity index (χ1v) is 6.43. The summed E-state index contributed by atoms with van der Waals surface area (Å²) in [5.74, 6) is 1.70. The van der Waals surface area contributed by atoms with Crippen LogP contribution in [-0.2, 0) is 0 Å². The number of hydrogen-bond donors (Lipinski definition) is 2. The Morgan fingerprint density at radius 3 is 2.78 bits per heavy atom. The highest BCUT2D eigenvalue weighted by Gasteiger charge is 2.19. The zero-order chi connectivity index (χ0) is 13.0. The first kappa shape index (κ1) is 13.2. The van der Waals surface area contributed by atoms with Crippen molar-refractivity contribution in [2.24, 2.45) is 0 Å². The molecule has 1 aromatic carbocycles. The molecule has 0 amide bonds. The van der Waals surface area contributed by atoms with E-state index >= 15 is 0 Å². The fourth-order valence-corrected chi connectivity index (χ4v) is 2.42. The van der Waals surface area contributed by atoms with Crippen molar-refractivity contribution in [3.8, 4) is 11.5 Å². The van der Waals surface area contributed by atoms with Gasteiger partial charge in [0.05, 0.1) is 14.2 Å². The smallest absolute Gasteiger partial charge is 0.127 e. The molecule has 2 atom stereocenters. The molecule has 4 heteroatoms. The number of benzene rings is 1. The van der Waals surface area contributed by atoms with E-state index in [0.717, 1.165) is 24.6 Å². The van der Waals surface area contributed by atoms with Gasteiger partial charge in [-0.15, -0.1) is 0 Å². The van der Waals surface area contributed by atoms with Gasteiger partial charge in [-0.1, -0.05) is 6.07 Å². The van der Waals surface area contributed by atoms with E-state index in [-0.39, 0.29) is 6.04 Å². The minimum Gasteiger partial charge on any atom is -0.497 e. The van der Waals surface area contributed by atoms with Crippen molar-refractivity contribution in [2.75, 3.05) is 27.3 Å². The second-order valence-electron chi connectivity index (χ2n) is 4.69. The maximum atomic E-state index is 5.44. The third-order valence-corrected chi connectivity index (χ3v) is 3.45. The van der Waals surface area contributed by atoms with Gasteiger partial charge in [0.1, 0.15) is 11.5 Å². The molecule has 0 bridgehead atoms. The Bertz CT molecular complexity index is 389. The van der Waals surface area contributed by atoms with Crippen LogP contribution >= 0.6 is 0 Å². The molecule has 2 unspecified atom stereocenters. The summed E-state index contributed by atoms with van der Waals surface area (Å²) in [6.07, 6.45) is 1.18. The average molecular weight is 250 g/mol. The molecule has 4 nitrogen and oxygen atoms in total. The lowest BCUT2D eigenvalue weighted by Gasteiger charge is -2.21. The molecular weight excluding hydrogens is 228 g/mol. The van der Waals surface area contributed by atoms with Gasteiger partial charge in [0.2, 0.25) is 0 Å². The molecule has 1 heterocycles. The molecular formula is C14H22N2O2. The Morgan fingerprint density at radius 2 is 2.17 bits per heavy atom. The summed E-state index contributed by atoms with van der Waals surface area (Å²) in [7, 11) is 3.36. The van der Waals surface area contributed by atoms with Crippen LogP contribution in [0.3, 0.4) is 0 Å². The van der Waals surface area contributed by atoms with Crippen molar-refractivity contribution in [3.63, 3.8) is 0 Å². The van der Waals surface area contributed by atoms with Crippen molar-refractivity contribution < 1.29 is 9.47 Å². The number of hydrogen-bond acceptors (Lipinski definition) is 4. The van der Waals surface area contributed by atoms with Gasteiger partial charge < -0.3 is 20.1 Å². The van der Waals surface area contributed by atoms with Crippen molar-refractivity contribution in [2.45, 2.75) is 25.4 Å². The summed E-state index contributed by atoms with van der Waals surface area (Å²) in [4.78, 5) is 0. The second-order valence-corrected chi connectivity index (χ2v) is 4.69. The topological polar surface area (TPSA) is 42.5 Å². The molecule has 1 aromatic rings. The van der Waals surface area contributed by atoms with Gasteiger partial charge in [-0.2, -0.15) is 0 Å². The summed E-state index contributed by atoms with van der Waals surface area (Å²) < 4.78 is 10.7. The summed E-state index contributed by atoms with van der Waals surface area (Å²) in [5.41, 5.74) is 1.17. The quantitative estimate of drug-likeness (QED) is 0.835. The number of ether oxygens (including phenoxy) is 2. The van der Waals surface area contributed by atoms with Crippen molar-refractivity contribution in [3.05, 3.63) is 23.8 Å². The van der Waals surface area contributed by atoms with E-state index in [1.165, 1.54) is 12.0 Å². The van der Waals surface area contributed by atoms with Gasteiger partial charge in [-0.3, -0.25) is 0 Å². The lowest BCUT2D eigenvalue weighted by Crippen LogP contribution is -2.33. The van der Waals surface area contributed by atoms with Crippen LogP contribution in [0.5, 0.6) is 11.5 Å². The fraction of sp³-hybridized carbons (Fsp3) is 0.571. The zero-order valence-electron chi connectivity index (χ0n) is 11.3. The van der Waals surface area contributed by atoms with Gasteiger partial charge in [0.25, 0.3) is 0 Å². The van der Waals surface area contributed by atoms with Gasteiger partial charge in [0.15, 0.2) is 0 Å². The van der Waals surface area contributed by atoms with Gasteiger partial charge in [-0.05, 0) is 26.0 Å². The molecule has 2 rings (SSSR count). The predicted molar refractivity (Wildman–Crippen MR) is 72.4 cm³/mol. The van der Waals surface area contributed by atoms with E-state index in [2.05, 4.69) is 23.6 Å². The average Bonchev–Trinajstić information content (AvgIpc) is 2.90. The Hall–Kier alpha value is -1.26. The number of methoxy groups -OCH3 is 2. The maximum absolute atomic E-state index is 5.44. The third kappa shape index (κ3) is 2.94. The van der Waals surface area contributed by atoms with Crippen LogP contribution in [-0.4, -0.2) is 33.4 Å². The summed E-state index contributed by atoms with van der Waals surface area (Å²) in [6.45, 7) is 4.32. The predicted octanol–water partition coefficient (Wildman–Crippen LogP) is 1.72. The molecule has 0 aliphatic carbocycles. The van der Waals surface area contributed by atoms with Crippen LogP contribution in [0.2, 0.25) is 0 Å². The molecule has 0 saturated carbocycles. The number of rotatable bonds is 5. The molecule has 1 aliphatic heterocycles. The Labute approximate surface area is 109 Å². The monoisotopic (exact) mass is 250 g/mol. The fourth-order valence-electron chi connectivity index (χ4n) is 2.42. The standard InChI is InChI=1S/C14H22N2O2/c1-10(16-11-6-7-15-9-11)13-5-4-12(17-2)8-14(13)18-3/h4-5,8,10-11,15-16H,6-7,9H2,1-3H3. The first-order valence-electron chi connectivity index (χ1n) is 6.43. The second kappa shape index (κ2) is 6.07. The molecule has 0 radical (unpaired) electrons. The Kier molecular flexibility index (Phi) is 4.44. The van der Waals surface area contributed by atoms with E-state index in [1.54, 1.807) is 14.2 Å². The highest BCUT2D eigenvalue weighted by atomic mass is 16.5. The molecule has 18 heavy (non-hydrogen) atoms. The van der Waals surface area contributed by atoms with E-state index < -0.39 is 0 Å². The summed E-state index contributed by atoms with van der Waals surface area (Å²) in [5, 5.41) is 6.99. The van der Waals surface area contributed by atoms with Crippen LogP contribution in [0.25, 0.3) is 0 Å². The number of nitrogens with one attached hydrogen (secondary N) is 2. The van der Waals surface area contributed by atoms with Crippen LogP contribution in [0.1, 0.15) is 24.9 Å². The van der Waals surface area contributed by atoms with Crippen LogP contribution in [0.4, 0.5) is 0 Å². The van der Waals surface area contributed by atoms with E-state index in [9.17, 15) is 0 Å². The summed E-state index contributed by atoms with van der Waals surface area (Å²) >= 11 is 0. The maximum Gasteiger partial charge on any atom is 0.127 e. The van der Waals surface area contributed by atoms with Crippen LogP contribution in [0, 0.1) is 0 Å². The van der Waals surface area contributed by atoms with Crippen molar-refractivity contribution in [1.29, 1.82) is 0 Å². The molecule has 1 aliphatic rings. The Balaban J connectivity index is 2.10. The molecule has 1 saturated heterocycles. The molecule has 0 spiro atoms. The van der Waals surface area contributed by atoms with E-state index in [4.69, 9.17) is 9.47 Å². The minimum atomic E-state index is 0.274. The van der Waals surface area contributed by atoms with Gasteiger partial charge in [-0.25, -0.2) is 0 Å². The molecule has 1 fully saturated rings. The molecule has 0 aromatic heterocycles. The van der Waals surface area contributed by atoms with Crippen LogP contribution < -0.4 is 20.1 Å². The van der Waals surface area contributed by atoms with Gasteiger partial charge in [0, 0.05) is 30.3 Å². The molecule has 2 N–H and O–H groups in total. The Morgan fingerprint density at radius 1 is 1.33 bits per heavy atom. The van der Waals surface area contributed by atoms with Crippen molar-refractivity contribution in [1.82, 2.24) is 10.6 Å². The third-order valence-electron chi connectivity index (χ3n) is 3.45. The van der Waals surface area contributed by atoms with E-state index in [0.29, 0.717) is 6.04 Å². The van der Waals surface area contributed by atoms with E-state index in [1.807, 2.05) is 12.1 Å². The first-order chi connectivity index (χ1) is 8.74. The zero-order valence-corrected chi connectivity index (χ0v) is 11.3. The highest BCUT2D eigenvalue weighted by molar-refractivity contribution is 5.42. The van der Waals surface area contributed by atoms with Gasteiger partial charge >= 0.3 is 0 Å². The SMILES string of the molecule is COc1ccc(C(C)NC2CCNC2)c(OC)c1. The lowest BCUT2D eigenvalue weighted by molar-refractivity contribution is 0.382. The minimum absolute atomic E-state index is 0.274. The largest absolute Gasteiger partial charge is 0.497 e. The summed E-state index contributed by atoms with van der Waals surface area (Å²) in [6, 6.07) is 6.80. The van der Waals surface area contributed by atoms with Crippen LogP contribution in [0.15, 0.2) is 18.2 Å². The highest BCUT2D eigenvalue weighted by Crippen LogP contribution is 2.29. The molecule has 100 valence electrons. The lowest BCUT2D eigenvalue weighted by atomic mass is 10.1. The van der Waals surface area contributed by atoms with Crippen molar-refractivity contribution >= 4 is 0 Å².